The van der Waals surface area contributed by atoms with E-state index in [1.807, 2.05) is 29.3 Å². The summed E-state index contributed by atoms with van der Waals surface area (Å²) in [6, 6.07) is 6.13. The molecule has 24 heavy (non-hydrogen) atoms. The maximum atomic E-state index is 12.7. The standard InChI is InChI=1S/C18H25N5O/c1-14-6-4-10-22(12-14)17(24)13-21-9-5-7-15(21)18-20-19-16-8-2-3-11-23(16)18/h2-3,8,11,14-15H,4-7,9-10,12-13H2,1H3. The number of fused-ring (bicyclic) bond motifs is 1. The van der Waals surface area contributed by atoms with E-state index in [1.54, 1.807) is 0 Å². The van der Waals surface area contributed by atoms with Gasteiger partial charge in [-0.05, 0) is 50.3 Å². The Morgan fingerprint density at radius 3 is 2.96 bits per heavy atom. The van der Waals surface area contributed by atoms with Crippen molar-refractivity contribution in [3.05, 3.63) is 30.2 Å². The number of nitrogens with zero attached hydrogens (tertiary/aromatic N) is 5. The molecular formula is C18H25N5O. The summed E-state index contributed by atoms with van der Waals surface area (Å²) in [5.41, 5.74) is 0.871. The minimum atomic E-state index is 0.188. The molecule has 6 nitrogen and oxygen atoms in total. The van der Waals surface area contributed by atoms with Crippen molar-refractivity contribution in [2.75, 3.05) is 26.2 Å². The fourth-order valence-electron chi connectivity index (χ4n) is 4.08. The molecule has 2 saturated heterocycles. The van der Waals surface area contributed by atoms with E-state index < -0.39 is 0 Å². The number of hydrogen-bond acceptors (Lipinski definition) is 4. The van der Waals surface area contributed by atoms with Crippen LogP contribution < -0.4 is 0 Å². The van der Waals surface area contributed by atoms with Gasteiger partial charge in [-0.1, -0.05) is 13.0 Å². The van der Waals surface area contributed by atoms with E-state index in [0.717, 1.165) is 50.4 Å². The van der Waals surface area contributed by atoms with E-state index in [-0.39, 0.29) is 11.9 Å². The molecule has 6 heteroatoms. The Labute approximate surface area is 142 Å². The molecule has 0 N–H and O–H groups in total. The van der Waals surface area contributed by atoms with Crippen LogP contribution in [0, 0.1) is 5.92 Å². The first-order chi connectivity index (χ1) is 11.7. The number of pyridine rings is 1. The molecule has 2 aromatic rings. The summed E-state index contributed by atoms with van der Waals surface area (Å²) in [7, 11) is 0. The predicted molar refractivity (Wildman–Crippen MR) is 91.5 cm³/mol. The Morgan fingerprint density at radius 1 is 1.21 bits per heavy atom. The summed E-state index contributed by atoms with van der Waals surface area (Å²) in [6.45, 7) is 5.52. The van der Waals surface area contributed by atoms with Crippen LogP contribution in [0.1, 0.15) is 44.5 Å². The molecule has 2 aromatic heterocycles. The minimum absolute atomic E-state index is 0.188. The van der Waals surface area contributed by atoms with Gasteiger partial charge in [0.15, 0.2) is 11.5 Å². The lowest BCUT2D eigenvalue weighted by Crippen LogP contribution is -2.44. The first-order valence-corrected chi connectivity index (χ1v) is 9.04. The van der Waals surface area contributed by atoms with Crippen LogP contribution in [0.5, 0.6) is 0 Å². The number of rotatable bonds is 3. The van der Waals surface area contributed by atoms with Crippen LogP contribution in [0.4, 0.5) is 0 Å². The van der Waals surface area contributed by atoms with Gasteiger partial charge in [0.25, 0.3) is 0 Å². The smallest absolute Gasteiger partial charge is 0.236 e. The molecule has 2 unspecified atom stereocenters. The zero-order valence-electron chi connectivity index (χ0n) is 14.3. The van der Waals surface area contributed by atoms with Crippen molar-refractivity contribution in [1.29, 1.82) is 0 Å². The van der Waals surface area contributed by atoms with Gasteiger partial charge >= 0.3 is 0 Å². The van der Waals surface area contributed by atoms with Gasteiger partial charge in [0.1, 0.15) is 0 Å². The van der Waals surface area contributed by atoms with Crippen molar-refractivity contribution in [2.24, 2.45) is 5.92 Å². The van der Waals surface area contributed by atoms with Gasteiger partial charge in [-0.15, -0.1) is 10.2 Å². The summed E-state index contributed by atoms with van der Waals surface area (Å²) >= 11 is 0. The number of aromatic nitrogens is 3. The second-order valence-electron chi connectivity index (χ2n) is 7.20. The van der Waals surface area contributed by atoms with Gasteiger partial charge < -0.3 is 4.90 Å². The Kier molecular flexibility index (Phi) is 4.22. The van der Waals surface area contributed by atoms with Crippen LogP contribution in [0.15, 0.2) is 24.4 Å². The predicted octanol–water partition coefficient (Wildman–Crippen LogP) is 2.12. The average Bonchev–Trinajstić information content (AvgIpc) is 3.21. The molecule has 0 spiro atoms. The maximum Gasteiger partial charge on any atom is 0.236 e. The summed E-state index contributed by atoms with van der Waals surface area (Å²) in [6.07, 6.45) is 6.53. The molecule has 0 bridgehead atoms. The molecule has 2 atom stereocenters. The number of likely N-dealkylation sites (tertiary alicyclic amines) is 2. The Morgan fingerprint density at radius 2 is 2.08 bits per heavy atom. The number of carbonyl (C=O) groups is 1. The highest BCUT2D eigenvalue weighted by molar-refractivity contribution is 5.78. The molecular weight excluding hydrogens is 302 g/mol. The third-order valence-electron chi connectivity index (χ3n) is 5.35. The SMILES string of the molecule is CC1CCCN(C(=O)CN2CCCC2c2nnc3ccccn23)C1. The minimum Gasteiger partial charge on any atom is -0.341 e. The fraction of sp³-hybridized carbons (Fsp3) is 0.611. The first-order valence-electron chi connectivity index (χ1n) is 9.04. The van der Waals surface area contributed by atoms with Crippen molar-refractivity contribution in [2.45, 2.75) is 38.6 Å². The number of carbonyl (C=O) groups excluding carboxylic acids is 1. The van der Waals surface area contributed by atoms with Crippen LogP contribution in [0.2, 0.25) is 0 Å². The van der Waals surface area contributed by atoms with E-state index >= 15 is 0 Å². The molecule has 1 amide bonds. The molecule has 4 heterocycles. The van der Waals surface area contributed by atoms with Gasteiger partial charge in [0.2, 0.25) is 5.91 Å². The van der Waals surface area contributed by atoms with E-state index in [1.165, 1.54) is 6.42 Å². The lowest BCUT2D eigenvalue weighted by molar-refractivity contribution is -0.134. The maximum absolute atomic E-state index is 12.7. The van der Waals surface area contributed by atoms with Crippen LogP contribution >= 0.6 is 0 Å². The topological polar surface area (TPSA) is 53.7 Å². The molecule has 2 aliphatic rings. The zero-order chi connectivity index (χ0) is 16.5. The lowest BCUT2D eigenvalue weighted by atomic mass is 10.0. The lowest BCUT2D eigenvalue weighted by Gasteiger charge is -2.33. The fourth-order valence-corrected chi connectivity index (χ4v) is 4.08. The largest absolute Gasteiger partial charge is 0.341 e. The zero-order valence-corrected chi connectivity index (χ0v) is 14.3. The quantitative estimate of drug-likeness (QED) is 0.866. The summed E-state index contributed by atoms with van der Waals surface area (Å²) in [5, 5.41) is 8.67. The van der Waals surface area contributed by atoms with E-state index in [9.17, 15) is 4.79 Å². The van der Waals surface area contributed by atoms with Crippen molar-refractivity contribution < 1.29 is 4.79 Å². The molecule has 0 aromatic carbocycles. The van der Waals surface area contributed by atoms with Crippen LogP contribution in [0.25, 0.3) is 5.65 Å². The number of piperidine rings is 1. The Hall–Kier alpha value is -1.95. The highest BCUT2D eigenvalue weighted by Crippen LogP contribution is 2.31. The van der Waals surface area contributed by atoms with Crippen LogP contribution in [-0.4, -0.2) is 56.5 Å². The molecule has 0 saturated carbocycles. The van der Waals surface area contributed by atoms with Crippen molar-refractivity contribution in [3.63, 3.8) is 0 Å². The number of amides is 1. The Bertz CT molecular complexity index is 727. The first kappa shape index (κ1) is 15.6. The molecule has 128 valence electrons. The highest BCUT2D eigenvalue weighted by Gasteiger charge is 2.32. The molecule has 2 fully saturated rings. The Balaban J connectivity index is 1.50. The van der Waals surface area contributed by atoms with Crippen LogP contribution in [-0.2, 0) is 4.79 Å². The monoisotopic (exact) mass is 327 g/mol. The number of hydrogen-bond donors (Lipinski definition) is 0. The van der Waals surface area contributed by atoms with Gasteiger partial charge in [-0.25, -0.2) is 0 Å². The summed E-state index contributed by atoms with van der Waals surface area (Å²) in [5.74, 6) is 1.85. The second-order valence-corrected chi connectivity index (χ2v) is 7.20. The van der Waals surface area contributed by atoms with E-state index in [0.29, 0.717) is 12.5 Å². The molecule has 0 radical (unpaired) electrons. The molecule has 4 rings (SSSR count). The van der Waals surface area contributed by atoms with Gasteiger partial charge in [-0.3, -0.25) is 14.1 Å². The highest BCUT2D eigenvalue weighted by atomic mass is 16.2. The van der Waals surface area contributed by atoms with E-state index in [2.05, 4.69) is 26.4 Å². The van der Waals surface area contributed by atoms with Gasteiger partial charge in [0.05, 0.1) is 12.6 Å². The molecule has 0 aliphatic carbocycles. The third kappa shape index (κ3) is 2.90. The van der Waals surface area contributed by atoms with Gasteiger partial charge in [-0.2, -0.15) is 0 Å². The summed E-state index contributed by atoms with van der Waals surface area (Å²) < 4.78 is 2.05. The second kappa shape index (κ2) is 6.51. The van der Waals surface area contributed by atoms with Crippen molar-refractivity contribution in [3.8, 4) is 0 Å². The van der Waals surface area contributed by atoms with E-state index in [4.69, 9.17) is 0 Å². The van der Waals surface area contributed by atoms with Crippen LogP contribution in [0.3, 0.4) is 0 Å². The summed E-state index contributed by atoms with van der Waals surface area (Å²) in [4.78, 5) is 17.0. The van der Waals surface area contributed by atoms with Crippen molar-refractivity contribution in [1.82, 2.24) is 24.4 Å². The molecule has 2 aliphatic heterocycles. The average molecular weight is 327 g/mol. The normalized spacial score (nSPS) is 25.5. The van der Waals surface area contributed by atoms with Gasteiger partial charge in [0, 0.05) is 19.3 Å². The third-order valence-corrected chi connectivity index (χ3v) is 5.35. The van der Waals surface area contributed by atoms with Crippen molar-refractivity contribution >= 4 is 11.6 Å².